The summed E-state index contributed by atoms with van der Waals surface area (Å²) >= 11 is 1.71. The van der Waals surface area contributed by atoms with Gasteiger partial charge in [-0.15, -0.1) is 0 Å². The zero-order valence-electron chi connectivity index (χ0n) is 7.91. The highest BCUT2D eigenvalue weighted by Gasteiger charge is 2.03. The molecule has 0 aromatic carbocycles. The molecule has 0 amide bonds. The number of nitrogens with zero attached hydrogens (tertiary/aromatic N) is 1. The number of Topliss-reactive ketones (excluding diaryl/α,β-unsaturated/α-hetero) is 1. The molecule has 0 spiro atoms. The molecule has 0 N–H and O–H groups in total. The Balaban J connectivity index is 2.85. The van der Waals surface area contributed by atoms with Gasteiger partial charge in [-0.05, 0) is 18.4 Å². The second-order valence-corrected chi connectivity index (χ2v) is 3.61. The Labute approximate surface area is 82.8 Å². The minimum absolute atomic E-state index is 0.185. The third-order valence-corrected chi connectivity index (χ3v) is 2.34. The first-order valence-corrected chi connectivity index (χ1v) is 5.64. The number of carbonyl (C=O) groups is 1. The summed E-state index contributed by atoms with van der Waals surface area (Å²) in [6.07, 6.45) is 4.28. The molecule has 13 heavy (non-hydrogen) atoms. The fourth-order valence-corrected chi connectivity index (χ4v) is 1.54. The fraction of sp³-hybridized carbons (Fsp3) is 0.400. The van der Waals surface area contributed by atoms with E-state index in [1.165, 1.54) is 0 Å². The van der Waals surface area contributed by atoms with E-state index in [-0.39, 0.29) is 5.78 Å². The van der Waals surface area contributed by atoms with E-state index in [0.717, 1.165) is 17.0 Å². The molecule has 3 heteroatoms. The van der Waals surface area contributed by atoms with Crippen LogP contribution in [-0.4, -0.2) is 17.0 Å². The van der Waals surface area contributed by atoms with Crippen molar-refractivity contribution < 1.29 is 4.79 Å². The summed E-state index contributed by atoms with van der Waals surface area (Å²) in [4.78, 5) is 15.5. The zero-order chi connectivity index (χ0) is 9.68. The van der Waals surface area contributed by atoms with Crippen molar-refractivity contribution in [2.24, 2.45) is 0 Å². The van der Waals surface area contributed by atoms with Crippen molar-refractivity contribution in [3.63, 3.8) is 0 Å². The van der Waals surface area contributed by atoms with Crippen LogP contribution in [0.15, 0.2) is 18.3 Å². The number of carbonyl (C=O) groups excluding carboxylic acids is 1. The van der Waals surface area contributed by atoms with Crippen LogP contribution < -0.4 is 0 Å². The maximum absolute atomic E-state index is 11.3. The lowest BCUT2D eigenvalue weighted by atomic mass is 10.1. The van der Waals surface area contributed by atoms with Gasteiger partial charge in [0.05, 0.1) is 5.69 Å². The first-order valence-electron chi connectivity index (χ1n) is 4.25. The largest absolute Gasteiger partial charge is 0.294 e. The van der Waals surface area contributed by atoms with Crippen LogP contribution in [0.4, 0.5) is 0 Å². The molecule has 1 aromatic rings. The van der Waals surface area contributed by atoms with E-state index in [9.17, 15) is 4.79 Å². The standard InChI is InChI=1S/C10H13NOS/c1-3-10(12)8-4-5-11-9(6-8)7-13-2/h4-6H,3,7H2,1-2H3. The predicted octanol–water partition coefficient (Wildman–Crippen LogP) is 2.54. The van der Waals surface area contributed by atoms with E-state index in [0.29, 0.717) is 6.42 Å². The van der Waals surface area contributed by atoms with Gasteiger partial charge in [-0.2, -0.15) is 11.8 Å². The molecule has 1 heterocycles. The van der Waals surface area contributed by atoms with Crippen LogP contribution in [0.2, 0.25) is 0 Å². The van der Waals surface area contributed by atoms with Crippen molar-refractivity contribution in [1.29, 1.82) is 0 Å². The molecule has 0 unspecified atom stereocenters. The lowest BCUT2D eigenvalue weighted by Gasteiger charge is -2.00. The van der Waals surface area contributed by atoms with E-state index in [1.807, 2.05) is 19.2 Å². The second kappa shape index (κ2) is 5.02. The summed E-state index contributed by atoms with van der Waals surface area (Å²) in [5.74, 6) is 1.05. The molecule has 70 valence electrons. The Kier molecular flexibility index (Phi) is 3.96. The number of hydrogen-bond donors (Lipinski definition) is 0. The summed E-state index contributed by atoms with van der Waals surface area (Å²) in [6.45, 7) is 1.87. The van der Waals surface area contributed by atoms with Crippen molar-refractivity contribution in [2.75, 3.05) is 6.26 Å². The van der Waals surface area contributed by atoms with Gasteiger partial charge >= 0.3 is 0 Å². The molecule has 0 fully saturated rings. The summed E-state index contributed by atoms with van der Waals surface area (Å²) < 4.78 is 0. The molecular formula is C10H13NOS. The van der Waals surface area contributed by atoms with Crippen LogP contribution >= 0.6 is 11.8 Å². The first kappa shape index (κ1) is 10.3. The Bertz CT molecular complexity index is 299. The van der Waals surface area contributed by atoms with Crippen molar-refractivity contribution >= 4 is 17.5 Å². The molecule has 0 bridgehead atoms. The van der Waals surface area contributed by atoms with E-state index in [4.69, 9.17) is 0 Å². The monoisotopic (exact) mass is 195 g/mol. The van der Waals surface area contributed by atoms with E-state index >= 15 is 0 Å². The molecule has 0 saturated carbocycles. The van der Waals surface area contributed by atoms with Gasteiger partial charge in [0.2, 0.25) is 0 Å². The summed E-state index contributed by atoms with van der Waals surface area (Å²) in [7, 11) is 0. The maximum Gasteiger partial charge on any atom is 0.162 e. The van der Waals surface area contributed by atoms with Crippen LogP contribution in [0, 0.1) is 0 Å². The van der Waals surface area contributed by atoms with Crippen LogP contribution in [0.5, 0.6) is 0 Å². The van der Waals surface area contributed by atoms with E-state index in [1.54, 1.807) is 24.0 Å². The van der Waals surface area contributed by atoms with Gasteiger partial charge in [-0.1, -0.05) is 6.92 Å². The molecule has 0 radical (unpaired) electrons. The maximum atomic E-state index is 11.3. The molecule has 0 saturated heterocycles. The molecule has 0 aliphatic carbocycles. The smallest absolute Gasteiger partial charge is 0.162 e. The number of pyridine rings is 1. The SMILES string of the molecule is CCC(=O)c1ccnc(CSC)c1. The predicted molar refractivity (Wildman–Crippen MR) is 56.1 cm³/mol. The summed E-state index contributed by atoms with van der Waals surface area (Å²) in [5.41, 5.74) is 1.76. The number of aromatic nitrogens is 1. The summed E-state index contributed by atoms with van der Waals surface area (Å²) in [5, 5.41) is 0. The quantitative estimate of drug-likeness (QED) is 0.691. The van der Waals surface area contributed by atoms with Crippen LogP contribution in [-0.2, 0) is 5.75 Å². The molecule has 2 nitrogen and oxygen atoms in total. The Morgan fingerprint density at radius 3 is 3.00 bits per heavy atom. The average molecular weight is 195 g/mol. The minimum Gasteiger partial charge on any atom is -0.294 e. The molecule has 0 aliphatic heterocycles. The van der Waals surface area contributed by atoms with Gasteiger partial charge in [-0.25, -0.2) is 0 Å². The molecule has 1 rings (SSSR count). The van der Waals surface area contributed by atoms with Crippen molar-refractivity contribution in [3.8, 4) is 0 Å². The second-order valence-electron chi connectivity index (χ2n) is 2.75. The third-order valence-electron chi connectivity index (χ3n) is 1.75. The number of thioether (sulfide) groups is 1. The van der Waals surface area contributed by atoms with E-state index < -0.39 is 0 Å². The van der Waals surface area contributed by atoms with Crippen molar-refractivity contribution in [1.82, 2.24) is 4.98 Å². The number of ketones is 1. The lowest BCUT2D eigenvalue weighted by Crippen LogP contribution is -1.98. The first-order chi connectivity index (χ1) is 6.27. The average Bonchev–Trinajstić information content (AvgIpc) is 2.18. The Morgan fingerprint density at radius 2 is 2.38 bits per heavy atom. The Hall–Kier alpha value is -0.830. The van der Waals surface area contributed by atoms with Gasteiger partial charge in [0, 0.05) is 23.9 Å². The molecule has 0 atom stereocenters. The van der Waals surface area contributed by atoms with Gasteiger partial charge in [0.15, 0.2) is 5.78 Å². The molecule has 1 aromatic heterocycles. The number of rotatable bonds is 4. The van der Waals surface area contributed by atoms with Gasteiger partial charge in [0.1, 0.15) is 0 Å². The van der Waals surface area contributed by atoms with Gasteiger partial charge < -0.3 is 0 Å². The van der Waals surface area contributed by atoms with Crippen LogP contribution in [0.1, 0.15) is 29.4 Å². The normalized spacial score (nSPS) is 10.0. The lowest BCUT2D eigenvalue weighted by molar-refractivity contribution is 0.0988. The van der Waals surface area contributed by atoms with Gasteiger partial charge in [-0.3, -0.25) is 9.78 Å². The highest BCUT2D eigenvalue weighted by Crippen LogP contribution is 2.09. The molecule has 0 aliphatic rings. The van der Waals surface area contributed by atoms with Crippen molar-refractivity contribution in [2.45, 2.75) is 19.1 Å². The number of hydrogen-bond acceptors (Lipinski definition) is 3. The Morgan fingerprint density at radius 1 is 1.62 bits per heavy atom. The van der Waals surface area contributed by atoms with Crippen LogP contribution in [0.25, 0.3) is 0 Å². The minimum atomic E-state index is 0.185. The summed E-state index contributed by atoms with van der Waals surface area (Å²) in [6, 6.07) is 3.65. The van der Waals surface area contributed by atoms with Crippen LogP contribution in [0.3, 0.4) is 0 Å². The molecular weight excluding hydrogens is 182 g/mol. The van der Waals surface area contributed by atoms with E-state index in [2.05, 4.69) is 4.98 Å². The zero-order valence-corrected chi connectivity index (χ0v) is 8.73. The highest BCUT2D eigenvalue weighted by atomic mass is 32.2. The van der Waals surface area contributed by atoms with Gasteiger partial charge in [0.25, 0.3) is 0 Å². The van der Waals surface area contributed by atoms with Crippen molar-refractivity contribution in [3.05, 3.63) is 29.6 Å². The third kappa shape index (κ3) is 2.84. The topological polar surface area (TPSA) is 30.0 Å². The fourth-order valence-electron chi connectivity index (χ4n) is 1.08. The highest BCUT2D eigenvalue weighted by molar-refractivity contribution is 7.97.